The molecule has 0 bridgehead atoms. The van der Waals surface area contributed by atoms with Gasteiger partial charge >= 0.3 is 6.18 Å². The molecule has 3 aromatic rings. The van der Waals surface area contributed by atoms with E-state index >= 15 is 0 Å². The average Bonchev–Trinajstić information content (AvgIpc) is 2.63. The van der Waals surface area contributed by atoms with Gasteiger partial charge < -0.3 is 0 Å². The number of halogens is 5. The molecule has 10 heteroatoms. The number of rotatable bonds is 4. The van der Waals surface area contributed by atoms with Crippen molar-refractivity contribution < 1.29 is 21.6 Å². The van der Waals surface area contributed by atoms with Crippen LogP contribution in [0.1, 0.15) is 11.3 Å². The summed E-state index contributed by atoms with van der Waals surface area (Å²) in [6.45, 7) is 1.65. The Hall–Kier alpha value is -2.29. The van der Waals surface area contributed by atoms with E-state index < -0.39 is 26.7 Å². The molecule has 1 heterocycles. The van der Waals surface area contributed by atoms with Gasteiger partial charge in [-0.2, -0.15) is 13.2 Å². The van der Waals surface area contributed by atoms with Crippen molar-refractivity contribution in [3.8, 4) is 11.1 Å². The van der Waals surface area contributed by atoms with Crippen LogP contribution in [0.15, 0.2) is 59.5 Å². The highest BCUT2D eigenvalue weighted by molar-refractivity contribution is 7.92. The topological polar surface area (TPSA) is 59.1 Å². The van der Waals surface area contributed by atoms with E-state index in [9.17, 15) is 21.6 Å². The normalized spacial score (nSPS) is 12.1. The monoisotopic (exact) mass is 460 g/mol. The predicted molar refractivity (Wildman–Crippen MR) is 107 cm³/mol. The second-order valence-electron chi connectivity index (χ2n) is 6.08. The van der Waals surface area contributed by atoms with Crippen molar-refractivity contribution in [3.63, 3.8) is 0 Å². The van der Waals surface area contributed by atoms with Gasteiger partial charge in [0, 0.05) is 26.9 Å². The molecule has 0 unspecified atom stereocenters. The van der Waals surface area contributed by atoms with Crippen LogP contribution in [-0.2, 0) is 16.2 Å². The Labute approximate surface area is 175 Å². The van der Waals surface area contributed by atoms with Crippen LogP contribution < -0.4 is 4.72 Å². The lowest BCUT2D eigenvalue weighted by Crippen LogP contribution is -2.15. The molecule has 0 aliphatic carbocycles. The number of aryl methyl sites for hydroxylation is 1. The van der Waals surface area contributed by atoms with Gasteiger partial charge in [-0.3, -0.25) is 4.72 Å². The van der Waals surface area contributed by atoms with Crippen LogP contribution in [0.3, 0.4) is 0 Å². The van der Waals surface area contributed by atoms with E-state index in [1.165, 1.54) is 6.07 Å². The van der Waals surface area contributed by atoms with Crippen molar-refractivity contribution in [2.24, 2.45) is 0 Å². The minimum Gasteiger partial charge on any atom is -0.263 e. The maximum Gasteiger partial charge on any atom is 0.416 e. The molecule has 2 aromatic carbocycles. The Kier molecular flexibility index (Phi) is 5.80. The highest BCUT2D eigenvalue weighted by Gasteiger charge is 2.31. The number of alkyl halides is 3. The third kappa shape index (κ3) is 4.83. The highest BCUT2D eigenvalue weighted by Crippen LogP contribution is 2.33. The lowest BCUT2D eigenvalue weighted by atomic mass is 10.0. The molecule has 1 aromatic heterocycles. The summed E-state index contributed by atoms with van der Waals surface area (Å²) in [5.74, 6) is -0.0400. The summed E-state index contributed by atoms with van der Waals surface area (Å²) < 4.78 is 65.7. The zero-order chi connectivity index (χ0) is 21.4. The van der Waals surface area contributed by atoms with Gasteiger partial charge in [0.2, 0.25) is 0 Å². The van der Waals surface area contributed by atoms with Gasteiger partial charge in [0.15, 0.2) is 0 Å². The summed E-state index contributed by atoms with van der Waals surface area (Å²) in [5.41, 5.74) is 0.657. The quantitative estimate of drug-likeness (QED) is 0.505. The van der Waals surface area contributed by atoms with E-state index in [1.54, 1.807) is 31.2 Å². The summed E-state index contributed by atoms with van der Waals surface area (Å²) in [7, 11) is -4.26. The Morgan fingerprint density at radius 3 is 2.34 bits per heavy atom. The maximum absolute atomic E-state index is 12.9. The summed E-state index contributed by atoms with van der Waals surface area (Å²) in [6, 6.07) is 11.4. The molecule has 0 saturated heterocycles. The van der Waals surface area contributed by atoms with E-state index in [4.69, 9.17) is 23.2 Å². The molecule has 152 valence electrons. The molecule has 0 radical (unpaired) electrons. The third-order valence-corrected chi connectivity index (χ3v) is 5.93. The van der Waals surface area contributed by atoms with Crippen molar-refractivity contribution in [2.45, 2.75) is 18.0 Å². The van der Waals surface area contributed by atoms with Crippen molar-refractivity contribution in [3.05, 3.63) is 75.9 Å². The van der Waals surface area contributed by atoms with Gasteiger partial charge in [-0.05, 0) is 55.5 Å². The highest BCUT2D eigenvalue weighted by atomic mass is 35.5. The minimum absolute atomic E-state index is 0.0400. The van der Waals surface area contributed by atoms with Crippen LogP contribution in [0.25, 0.3) is 11.1 Å². The van der Waals surface area contributed by atoms with E-state index in [-0.39, 0.29) is 5.82 Å². The number of sulfonamides is 1. The van der Waals surface area contributed by atoms with Crippen molar-refractivity contribution in [1.29, 1.82) is 0 Å². The standard InChI is InChI=1S/C19H13Cl2F3N2O2S/c1-11-15(16-10-13(20)5-7-17(16)21)6-8-18(25-11)26-29(27,28)14-4-2-3-12(9-14)19(22,23)24/h2-10H,1H3,(H,25,26). The van der Waals surface area contributed by atoms with Crippen molar-refractivity contribution in [1.82, 2.24) is 4.98 Å². The molecule has 0 amide bonds. The second kappa shape index (κ2) is 7.85. The number of pyridine rings is 1. The number of nitrogens with one attached hydrogen (secondary N) is 1. The Bertz CT molecular complexity index is 1180. The summed E-state index contributed by atoms with van der Waals surface area (Å²) in [4.78, 5) is 3.67. The molecule has 29 heavy (non-hydrogen) atoms. The number of hydrogen-bond acceptors (Lipinski definition) is 3. The van der Waals surface area contributed by atoms with Gasteiger partial charge in [-0.1, -0.05) is 29.3 Å². The molecule has 0 aliphatic heterocycles. The molecule has 0 spiro atoms. The van der Waals surface area contributed by atoms with Crippen molar-refractivity contribution in [2.75, 3.05) is 4.72 Å². The first-order chi connectivity index (χ1) is 13.5. The first-order valence-electron chi connectivity index (χ1n) is 8.10. The fraction of sp³-hybridized carbons (Fsp3) is 0.105. The van der Waals surface area contributed by atoms with Gasteiger partial charge in [0.05, 0.1) is 10.5 Å². The fourth-order valence-corrected chi connectivity index (χ4v) is 4.08. The number of anilines is 1. The van der Waals surface area contributed by atoms with Crippen LogP contribution in [0.2, 0.25) is 10.0 Å². The zero-order valence-corrected chi connectivity index (χ0v) is 17.1. The zero-order valence-electron chi connectivity index (χ0n) is 14.8. The van der Waals surface area contributed by atoms with Gasteiger partial charge in [0.1, 0.15) is 5.82 Å². The molecular weight excluding hydrogens is 448 g/mol. The molecule has 4 nitrogen and oxygen atoms in total. The Balaban J connectivity index is 1.93. The molecule has 0 saturated carbocycles. The van der Waals surface area contributed by atoms with E-state index in [2.05, 4.69) is 9.71 Å². The Morgan fingerprint density at radius 1 is 0.966 bits per heavy atom. The van der Waals surface area contributed by atoms with E-state index in [0.29, 0.717) is 32.9 Å². The van der Waals surface area contributed by atoms with Crippen LogP contribution in [0, 0.1) is 6.92 Å². The lowest BCUT2D eigenvalue weighted by molar-refractivity contribution is -0.137. The SMILES string of the molecule is Cc1nc(NS(=O)(=O)c2cccc(C(F)(F)F)c2)ccc1-c1cc(Cl)ccc1Cl. The van der Waals surface area contributed by atoms with Gasteiger partial charge in [0.25, 0.3) is 10.0 Å². The first-order valence-corrected chi connectivity index (χ1v) is 10.3. The lowest BCUT2D eigenvalue weighted by Gasteiger charge is -2.13. The molecule has 0 fully saturated rings. The molecule has 0 atom stereocenters. The molecule has 3 rings (SSSR count). The number of hydrogen-bond donors (Lipinski definition) is 1. The average molecular weight is 461 g/mol. The van der Waals surface area contributed by atoms with Crippen molar-refractivity contribution >= 4 is 39.0 Å². The van der Waals surface area contributed by atoms with Gasteiger partial charge in [-0.25, -0.2) is 13.4 Å². The number of benzene rings is 2. The fourth-order valence-electron chi connectivity index (χ4n) is 2.64. The predicted octanol–water partition coefficient (Wildman–Crippen LogP) is 6.18. The summed E-state index contributed by atoms with van der Waals surface area (Å²) in [6.07, 6.45) is -4.65. The van der Waals surface area contributed by atoms with Crippen LogP contribution in [0.5, 0.6) is 0 Å². The number of aromatic nitrogens is 1. The van der Waals surface area contributed by atoms with E-state index in [1.807, 2.05) is 0 Å². The Morgan fingerprint density at radius 2 is 1.69 bits per heavy atom. The third-order valence-electron chi connectivity index (χ3n) is 4.01. The molecule has 1 N–H and O–H groups in total. The smallest absolute Gasteiger partial charge is 0.263 e. The van der Waals surface area contributed by atoms with Gasteiger partial charge in [-0.15, -0.1) is 0 Å². The molecule has 0 aliphatic rings. The van der Waals surface area contributed by atoms with E-state index in [0.717, 1.165) is 18.2 Å². The van der Waals surface area contributed by atoms with Crippen LogP contribution in [-0.4, -0.2) is 13.4 Å². The summed E-state index contributed by atoms with van der Waals surface area (Å²) >= 11 is 12.2. The first kappa shape index (κ1) is 21.4. The van der Waals surface area contributed by atoms with Crippen LogP contribution >= 0.6 is 23.2 Å². The largest absolute Gasteiger partial charge is 0.416 e. The number of nitrogens with zero attached hydrogens (tertiary/aromatic N) is 1. The summed E-state index contributed by atoms with van der Waals surface area (Å²) in [5, 5.41) is 0.912. The van der Waals surface area contributed by atoms with Crippen LogP contribution in [0.4, 0.5) is 19.0 Å². The maximum atomic E-state index is 12.9. The second-order valence-corrected chi connectivity index (χ2v) is 8.61. The molecular formula is C19H13Cl2F3N2O2S. The minimum atomic E-state index is -4.65.